The van der Waals surface area contributed by atoms with Gasteiger partial charge < -0.3 is 4.74 Å². The van der Waals surface area contributed by atoms with Crippen molar-refractivity contribution in [1.82, 2.24) is 0 Å². The van der Waals surface area contributed by atoms with Gasteiger partial charge in [-0.15, -0.1) is 0 Å². The molecule has 1 aromatic carbocycles. The molecule has 0 radical (unpaired) electrons. The Morgan fingerprint density at radius 1 is 1.50 bits per heavy atom. The summed E-state index contributed by atoms with van der Waals surface area (Å²) in [5.74, 6) is 0.215. The van der Waals surface area contributed by atoms with E-state index < -0.39 is 10.9 Å². The van der Waals surface area contributed by atoms with Gasteiger partial charge in [-0.3, -0.25) is 9.59 Å². The summed E-state index contributed by atoms with van der Waals surface area (Å²) in [7, 11) is 0. The highest BCUT2D eigenvalue weighted by Crippen LogP contribution is 1.98. The second-order valence-corrected chi connectivity index (χ2v) is 2.05. The first-order chi connectivity index (χ1) is 4.75. The molecule has 10 heavy (non-hydrogen) atoms. The molecule has 0 bridgehead atoms. The molecule has 3 heteroatoms. The highest BCUT2D eigenvalue weighted by Gasteiger charge is 2.08. The summed E-state index contributed by atoms with van der Waals surface area (Å²) in [6, 6.07) is 1.22. The molecule has 0 aliphatic rings. The van der Waals surface area contributed by atoms with Crippen molar-refractivity contribution in [3.63, 3.8) is 0 Å². The van der Waals surface area contributed by atoms with Crippen LogP contribution in [0.3, 0.4) is 0 Å². The second kappa shape index (κ2) is 2.64. The minimum atomic E-state index is -0.492. The summed E-state index contributed by atoms with van der Waals surface area (Å²) >= 11 is 0. The third-order valence-electron chi connectivity index (χ3n) is 1.17. The molecule has 0 amide bonds. The van der Waals surface area contributed by atoms with Crippen molar-refractivity contribution in [2.45, 2.75) is 13.3 Å². The van der Waals surface area contributed by atoms with Gasteiger partial charge in [-0.25, -0.2) is 0 Å². The molecule has 0 aromatic heterocycles. The first-order valence-electron chi connectivity index (χ1n) is 3.19. The first-order valence-corrected chi connectivity index (χ1v) is 3.19. The van der Waals surface area contributed by atoms with Crippen LogP contribution in [-0.2, 0) is 0 Å². The molecule has 0 saturated carbocycles. The van der Waals surface area contributed by atoms with E-state index in [1.54, 1.807) is 0 Å². The van der Waals surface area contributed by atoms with Gasteiger partial charge in [0.2, 0.25) is 5.43 Å². The third kappa shape index (κ3) is 1.07. The Morgan fingerprint density at radius 2 is 2.20 bits per heavy atom. The monoisotopic (exact) mass is 140 g/mol. The molecule has 1 rings (SSSR count). The highest BCUT2D eigenvalue weighted by atomic mass is 16.5. The topological polar surface area (TPSA) is 43.4 Å². The lowest BCUT2D eigenvalue weighted by molar-refractivity contribution is 0.311. The van der Waals surface area contributed by atoms with Gasteiger partial charge in [0, 0.05) is 6.07 Å². The minimum Gasteiger partial charge on any atom is -0.489 e. The van der Waals surface area contributed by atoms with Gasteiger partial charge in [0.05, 0.1) is 6.61 Å². The van der Waals surface area contributed by atoms with Crippen LogP contribution in [0.5, 0.6) is 5.75 Å². The number of hydrogen-bond acceptors (Lipinski definition) is 3. The van der Waals surface area contributed by atoms with Gasteiger partial charge in [0.1, 0.15) is 0 Å². The first kappa shape index (κ1) is 6.99. The molecule has 0 spiro atoms. The van der Waals surface area contributed by atoms with Crippen molar-refractivity contribution in [2.75, 3.05) is 6.61 Å². The average molecular weight is 140 g/mol. The van der Waals surface area contributed by atoms with Crippen molar-refractivity contribution in [1.29, 1.82) is 0 Å². The van der Waals surface area contributed by atoms with Gasteiger partial charge in [-0.2, -0.15) is 0 Å². The second-order valence-electron chi connectivity index (χ2n) is 2.05. The predicted octanol–water partition coefficient (Wildman–Crippen LogP) is 0.0714. The van der Waals surface area contributed by atoms with Gasteiger partial charge in [-0.05, 0) is 6.42 Å². The van der Waals surface area contributed by atoms with Crippen LogP contribution in [0, 0.1) is 0 Å². The zero-order chi connectivity index (χ0) is 7.56. The van der Waals surface area contributed by atoms with E-state index in [2.05, 4.69) is 0 Å². The zero-order valence-corrected chi connectivity index (χ0v) is 5.72. The van der Waals surface area contributed by atoms with Crippen LogP contribution >= 0.6 is 0 Å². The Morgan fingerprint density at radius 3 is 2.60 bits per heavy atom. The minimum absolute atomic E-state index is 0.215. The largest absolute Gasteiger partial charge is 0.489 e. The van der Waals surface area contributed by atoms with E-state index in [4.69, 9.17) is 4.74 Å². The molecule has 1 aromatic rings. The zero-order valence-electron chi connectivity index (χ0n) is 5.72. The molecule has 0 saturated heterocycles. The van der Waals surface area contributed by atoms with E-state index in [1.807, 2.05) is 6.92 Å². The quantitative estimate of drug-likeness (QED) is 0.558. The summed E-state index contributed by atoms with van der Waals surface area (Å²) in [5.41, 5.74) is -0.945. The molecule has 0 atom stereocenters. The molecule has 0 aliphatic heterocycles. The molecule has 0 heterocycles. The van der Waals surface area contributed by atoms with Crippen LogP contribution in [0.25, 0.3) is 0 Å². The van der Waals surface area contributed by atoms with Gasteiger partial charge in [0.25, 0.3) is 5.43 Å². The van der Waals surface area contributed by atoms with Crippen LogP contribution < -0.4 is 15.6 Å². The van der Waals surface area contributed by atoms with E-state index >= 15 is 0 Å². The van der Waals surface area contributed by atoms with E-state index in [1.165, 1.54) is 6.07 Å². The average Bonchev–Trinajstić information content (AvgIpc) is 1.97. The maximum Gasteiger partial charge on any atom is 0.267 e. The predicted molar refractivity (Wildman–Crippen MR) is 37.1 cm³/mol. The Labute approximate surface area is 57.9 Å². The summed E-state index contributed by atoms with van der Waals surface area (Å²) in [6.45, 7) is 2.44. The molecular weight excluding hydrogens is 132 g/mol. The summed E-state index contributed by atoms with van der Waals surface area (Å²) < 4.78 is 4.90. The smallest absolute Gasteiger partial charge is 0.267 e. The Kier molecular flexibility index (Phi) is 1.85. The molecule has 0 aliphatic carbocycles. The van der Waals surface area contributed by atoms with Crippen molar-refractivity contribution in [3.05, 3.63) is 26.5 Å². The van der Waals surface area contributed by atoms with E-state index in [0.717, 1.165) is 6.42 Å². The standard InChI is InChI=1S/C7H8O3/c1-2-3-10-6-4-5(8)7(6)9/h4H,2-3H2,1H3. The maximum atomic E-state index is 10.5. The lowest BCUT2D eigenvalue weighted by Crippen LogP contribution is -2.30. The number of ether oxygens (including phenoxy) is 1. The van der Waals surface area contributed by atoms with Crippen molar-refractivity contribution < 1.29 is 4.74 Å². The van der Waals surface area contributed by atoms with Crippen molar-refractivity contribution in [3.8, 4) is 5.75 Å². The van der Waals surface area contributed by atoms with Gasteiger partial charge in [0.15, 0.2) is 5.75 Å². The number of hydrogen-bond donors (Lipinski definition) is 0. The third-order valence-corrected chi connectivity index (χ3v) is 1.17. The Hall–Kier alpha value is -1.12. The Balaban J connectivity index is 2.55. The van der Waals surface area contributed by atoms with Crippen LogP contribution in [0.1, 0.15) is 13.3 Å². The van der Waals surface area contributed by atoms with E-state index in [0.29, 0.717) is 6.61 Å². The molecule has 0 fully saturated rings. The summed E-state index contributed by atoms with van der Waals surface area (Å²) in [6.07, 6.45) is 0.846. The van der Waals surface area contributed by atoms with Crippen LogP contribution in [0.15, 0.2) is 15.7 Å². The molecule has 0 N–H and O–H groups in total. The van der Waals surface area contributed by atoms with E-state index in [-0.39, 0.29) is 5.75 Å². The van der Waals surface area contributed by atoms with Crippen LogP contribution in [0.4, 0.5) is 0 Å². The fourth-order valence-electron chi connectivity index (χ4n) is 0.613. The fourth-order valence-corrected chi connectivity index (χ4v) is 0.613. The molecule has 54 valence electrons. The SMILES string of the molecule is CCCOc1cc(=O)c1=O. The molecule has 3 nitrogen and oxygen atoms in total. The van der Waals surface area contributed by atoms with Crippen molar-refractivity contribution in [2.24, 2.45) is 0 Å². The summed E-state index contributed by atoms with van der Waals surface area (Å²) in [5, 5.41) is 0. The summed E-state index contributed by atoms with van der Waals surface area (Å²) in [4.78, 5) is 20.8. The molecular formula is C7H8O3. The molecule has 0 unspecified atom stereocenters. The lowest BCUT2D eigenvalue weighted by atomic mass is 10.3. The van der Waals surface area contributed by atoms with Crippen LogP contribution in [0.2, 0.25) is 0 Å². The van der Waals surface area contributed by atoms with Gasteiger partial charge >= 0.3 is 0 Å². The maximum absolute atomic E-state index is 10.5. The number of rotatable bonds is 3. The normalized spacial score (nSPS) is 10.1. The highest BCUT2D eigenvalue weighted by molar-refractivity contribution is 5.26. The van der Waals surface area contributed by atoms with Crippen LogP contribution in [-0.4, -0.2) is 6.61 Å². The Bertz CT molecular complexity index is 280. The fraction of sp³-hybridized carbons (Fsp3) is 0.429. The van der Waals surface area contributed by atoms with Crippen molar-refractivity contribution >= 4 is 0 Å². The van der Waals surface area contributed by atoms with Gasteiger partial charge in [-0.1, -0.05) is 6.92 Å². The van der Waals surface area contributed by atoms with E-state index in [9.17, 15) is 9.59 Å². The lowest BCUT2D eigenvalue weighted by Gasteiger charge is -2.02.